The van der Waals surface area contributed by atoms with E-state index in [-0.39, 0.29) is 5.78 Å². The van der Waals surface area contributed by atoms with Crippen molar-refractivity contribution in [1.82, 2.24) is 5.32 Å². The second-order valence-corrected chi connectivity index (χ2v) is 5.90. The summed E-state index contributed by atoms with van der Waals surface area (Å²) in [5.74, 6) is -0.0239. The quantitative estimate of drug-likeness (QED) is 0.741. The third kappa shape index (κ3) is 4.06. The number of rotatable bonds is 4. The molecule has 0 atom stereocenters. The van der Waals surface area contributed by atoms with E-state index in [0.717, 1.165) is 0 Å². The Bertz CT molecular complexity index is 499. The first kappa shape index (κ1) is 16.2. The van der Waals surface area contributed by atoms with Crippen molar-refractivity contribution < 1.29 is 14.7 Å². The summed E-state index contributed by atoms with van der Waals surface area (Å²) < 4.78 is 0. The Morgan fingerprint density at radius 3 is 1.95 bits per heavy atom. The monoisotopic (exact) mass is 278 g/mol. The molecule has 2 amide bonds. The van der Waals surface area contributed by atoms with Crippen LogP contribution >= 0.6 is 0 Å². The number of urea groups is 1. The van der Waals surface area contributed by atoms with Gasteiger partial charge in [-0.15, -0.1) is 0 Å². The second-order valence-electron chi connectivity index (χ2n) is 5.90. The van der Waals surface area contributed by atoms with Gasteiger partial charge >= 0.3 is 6.03 Å². The van der Waals surface area contributed by atoms with Gasteiger partial charge in [-0.05, 0) is 58.9 Å². The minimum Gasteiger partial charge on any atom is -0.388 e. The maximum absolute atomic E-state index is 11.9. The number of carbonyl (C=O) groups is 2. The molecule has 1 aromatic carbocycles. The largest absolute Gasteiger partial charge is 0.388 e. The van der Waals surface area contributed by atoms with E-state index in [4.69, 9.17) is 0 Å². The molecule has 3 N–H and O–H groups in total. The van der Waals surface area contributed by atoms with Gasteiger partial charge < -0.3 is 15.7 Å². The zero-order valence-electron chi connectivity index (χ0n) is 12.6. The van der Waals surface area contributed by atoms with Crippen molar-refractivity contribution in [1.29, 1.82) is 0 Å². The van der Waals surface area contributed by atoms with E-state index >= 15 is 0 Å². The molecule has 0 radical (unpaired) electrons. The van der Waals surface area contributed by atoms with Gasteiger partial charge in [0, 0.05) is 11.3 Å². The van der Waals surface area contributed by atoms with Crippen molar-refractivity contribution in [2.45, 2.75) is 45.8 Å². The predicted octanol–water partition coefficient (Wildman–Crippen LogP) is 2.56. The van der Waals surface area contributed by atoms with Gasteiger partial charge in [-0.25, -0.2) is 4.79 Å². The van der Waals surface area contributed by atoms with Gasteiger partial charge in [-0.2, -0.15) is 0 Å². The topological polar surface area (TPSA) is 78.4 Å². The van der Waals surface area contributed by atoms with Crippen LogP contribution in [-0.4, -0.2) is 28.1 Å². The summed E-state index contributed by atoms with van der Waals surface area (Å²) in [6.07, 6.45) is 0. The number of carbonyl (C=O) groups excluding carboxylic acids is 2. The molecule has 0 fully saturated rings. The lowest BCUT2D eigenvalue weighted by Crippen LogP contribution is -2.58. The molecule has 0 aliphatic heterocycles. The first-order valence-electron chi connectivity index (χ1n) is 6.45. The molecule has 0 saturated heterocycles. The Balaban J connectivity index is 2.70. The van der Waals surface area contributed by atoms with Crippen molar-refractivity contribution >= 4 is 17.5 Å². The number of hydrogen-bond donors (Lipinski definition) is 3. The molecular weight excluding hydrogens is 256 g/mol. The summed E-state index contributed by atoms with van der Waals surface area (Å²) in [5, 5.41) is 15.4. The summed E-state index contributed by atoms with van der Waals surface area (Å²) in [5.41, 5.74) is -0.661. The van der Waals surface area contributed by atoms with Crippen molar-refractivity contribution in [2.75, 3.05) is 5.32 Å². The van der Waals surface area contributed by atoms with Gasteiger partial charge in [0.05, 0.1) is 11.1 Å². The number of aliphatic hydroxyl groups is 1. The van der Waals surface area contributed by atoms with Crippen LogP contribution in [0.1, 0.15) is 45.0 Å². The minimum absolute atomic E-state index is 0.0239. The van der Waals surface area contributed by atoms with Crippen LogP contribution < -0.4 is 10.6 Å². The Morgan fingerprint density at radius 2 is 1.55 bits per heavy atom. The third-order valence-corrected chi connectivity index (χ3v) is 3.50. The molecule has 0 spiro atoms. The molecule has 20 heavy (non-hydrogen) atoms. The second kappa shape index (κ2) is 5.63. The van der Waals surface area contributed by atoms with Crippen LogP contribution in [0.3, 0.4) is 0 Å². The molecule has 0 unspecified atom stereocenters. The highest BCUT2D eigenvalue weighted by Gasteiger charge is 2.36. The minimum atomic E-state index is -1.05. The van der Waals surface area contributed by atoms with Gasteiger partial charge in [0.15, 0.2) is 5.78 Å². The molecule has 1 aromatic rings. The Labute approximate surface area is 119 Å². The molecule has 5 heteroatoms. The summed E-state index contributed by atoms with van der Waals surface area (Å²) in [6.45, 7) is 8.24. The highest BCUT2D eigenvalue weighted by atomic mass is 16.3. The van der Waals surface area contributed by atoms with Gasteiger partial charge in [-0.3, -0.25) is 4.79 Å². The molecule has 0 aliphatic rings. The van der Waals surface area contributed by atoms with Crippen LogP contribution in [0.2, 0.25) is 0 Å². The summed E-state index contributed by atoms with van der Waals surface area (Å²) in [6, 6.07) is 6.21. The Hall–Kier alpha value is -1.88. The number of ketones is 1. The van der Waals surface area contributed by atoms with E-state index < -0.39 is 17.2 Å². The van der Waals surface area contributed by atoms with Crippen LogP contribution in [0.15, 0.2) is 24.3 Å². The summed E-state index contributed by atoms with van der Waals surface area (Å²) in [4.78, 5) is 23.0. The third-order valence-electron chi connectivity index (χ3n) is 3.50. The van der Waals surface area contributed by atoms with Gasteiger partial charge in [0.25, 0.3) is 0 Å². The van der Waals surface area contributed by atoms with Crippen LogP contribution in [0.4, 0.5) is 10.5 Å². The van der Waals surface area contributed by atoms with E-state index in [1.54, 1.807) is 52.0 Å². The summed E-state index contributed by atoms with van der Waals surface area (Å²) >= 11 is 0. The number of anilines is 1. The van der Waals surface area contributed by atoms with E-state index in [1.807, 2.05) is 0 Å². The molecule has 0 saturated carbocycles. The maximum Gasteiger partial charge on any atom is 0.319 e. The van der Waals surface area contributed by atoms with Crippen molar-refractivity contribution in [3.8, 4) is 0 Å². The van der Waals surface area contributed by atoms with E-state index in [2.05, 4.69) is 10.6 Å². The number of benzene rings is 1. The smallest absolute Gasteiger partial charge is 0.319 e. The first-order valence-corrected chi connectivity index (χ1v) is 6.45. The molecule has 1 rings (SSSR count). The molecule has 110 valence electrons. The lowest BCUT2D eigenvalue weighted by atomic mass is 9.86. The molecule has 0 aromatic heterocycles. The van der Waals surface area contributed by atoms with Crippen molar-refractivity contribution in [3.05, 3.63) is 29.8 Å². The Morgan fingerprint density at radius 1 is 1.05 bits per heavy atom. The van der Waals surface area contributed by atoms with Gasteiger partial charge in [-0.1, -0.05) is 0 Å². The standard InChI is InChI=1S/C15H22N2O3/c1-10(18)11-6-8-12(9-7-11)16-13(19)17-14(2,3)15(4,5)20/h6-9,20H,1-5H3,(H2,16,17,19). The lowest BCUT2D eigenvalue weighted by Gasteiger charge is -2.37. The van der Waals surface area contributed by atoms with Gasteiger partial charge in [0.1, 0.15) is 0 Å². The number of nitrogens with one attached hydrogen (secondary N) is 2. The van der Waals surface area contributed by atoms with Crippen LogP contribution in [0.5, 0.6) is 0 Å². The Kier molecular flexibility index (Phi) is 4.55. The number of Topliss-reactive ketones (excluding diaryl/α,β-unsaturated/α-hetero) is 1. The lowest BCUT2D eigenvalue weighted by molar-refractivity contribution is 0.00184. The fourth-order valence-electron chi connectivity index (χ4n) is 1.39. The van der Waals surface area contributed by atoms with Crippen molar-refractivity contribution in [3.63, 3.8) is 0 Å². The molecule has 5 nitrogen and oxygen atoms in total. The van der Waals surface area contributed by atoms with Crippen LogP contribution in [0.25, 0.3) is 0 Å². The van der Waals surface area contributed by atoms with E-state index in [1.165, 1.54) is 6.92 Å². The average molecular weight is 278 g/mol. The predicted molar refractivity (Wildman–Crippen MR) is 79.0 cm³/mol. The summed E-state index contributed by atoms with van der Waals surface area (Å²) in [7, 11) is 0. The molecule has 0 heterocycles. The fourth-order valence-corrected chi connectivity index (χ4v) is 1.39. The maximum atomic E-state index is 11.9. The van der Waals surface area contributed by atoms with Crippen molar-refractivity contribution in [2.24, 2.45) is 0 Å². The SMILES string of the molecule is CC(=O)c1ccc(NC(=O)NC(C)(C)C(C)(C)O)cc1. The first-order chi connectivity index (χ1) is 9.03. The molecule has 0 aliphatic carbocycles. The highest BCUT2D eigenvalue weighted by molar-refractivity contribution is 5.95. The fraction of sp³-hybridized carbons (Fsp3) is 0.467. The highest BCUT2D eigenvalue weighted by Crippen LogP contribution is 2.20. The zero-order valence-corrected chi connectivity index (χ0v) is 12.6. The number of hydrogen-bond acceptors (Lipinski definition) is 3. The number of amides is 2. The average Bonchev–Trinajstić information content (AvgIpc) is 2.27. The molecule has 0 bridgehead atoms. The van der Waals surface area contributed by atoms with Gasteiger partial charge in [0.2, 0.25) is 0 Å². The van der Waals surface area contributed by atoms with Crippen LogP contribution in [-0.2, 0) is 0 Å². The zero-order chi connectivity index (χ0) is 15.6. The normalized spacial score (nSPS) is 11.9. The van der Waals surface area contributed by atoms with E-state index in [9.17, 15) is 14.7 Å². The van der Waals surface area contributed by atoms with Crippen LogP contribution in [0, 0.1) is 0 Å². The molecular formula is C15H22N2O3. The van der Waals surface area contributed by atoms with E-state index in [0.29, 0.717) is 11.3 Å².